The summed E-state index contributed by atoms with van der Waals surface area (Å²) in [5, 5.41) is 0.137. The van der Waals surface area contributed by atoms with Crippen LogP contribution in [0.5, 0.6) is 5.75 Å². The molecule has 0 saturated carbocycles. The summed E-state index contributed by atoms with van der Waals surface area (Å²) in [5.41, 5.74) is 0. The van der Waals surface area contributed by atoms with E-state index in [1.54, 1.807) is 6.07 Å². The normalized spacial score (nSPS) is 10.6. The Kier molecular flexibility index (Phi) is 7.83. The summed E-state index contributed by atoms with van der Waals surface area (Å²) in [7, 11) is 0. The fourth-order valence-electron chi connectivity index (χ4n) is 1.82. The van der Waals surface area contributed by atoms with E-state index in [9.17, 15) is 4.39 Å². The second kappa shape index (κ2) is 9.21. The second-order valence-corrected chi connectivity index (χ2v) is 4.95. The van der Waals surface area contributed by atoms with Crippen molar-refractivity contribution >= 4 is 11.6 Å². The Bertz CT molecular complexity index is 341. The van der Waals surface area contributed by atoms with Gasteiger partial charge in [-0.15, -0.1) is 0 Å². The summed E-state index contributed by atoms with van der Waals surface area (Å²) in [6.07, 6.45) is 8.73. The fraction of sp³-hybridized carbons (Fsp3) is 0.600. The monoisotopic (exact) mass is 272 g/mol. The van der Waals surface area contributed by atoms with Gasteiger partial charge < -0.3 is 4.74 Å². The van der Waals surface area contributed by atoms with Crippen molar-refractivity contribution in [1.82, 2.24) is 0 Å². The van der Waals surface area contributed by atoms with E-state index in [0.29, 0.717) is 12.4 Å². The molecule has 0 fully saturated rings. The Hall–Kier alpha value is -0.760. The SMILES string of the molecule is CCCCCCCCCOc1ccc(Cl)c(F)c1. The summed E-state index contributed by atoms with van der Waals surface area (Å²) in [4.78, 5) is 0. The predicted octanol–water partition coefficient (Wildman–Crippen LogP) is 5.61. The highest BCUT2D eigenvalue weighted by Gasteiger charge is 2.01. The zero-order valence-electron chi connectivity index (χ0n) is 11.1. The van der Waals surface area contributed by atoms with Crippen LogP contribution in [0.25, 0.3) is 0 Å². The molecular weight excluding hydrogens is 251 g/mol. The van der Waals surface area contributed by atoms with Crippen LogP contribution >= 0.6 is 11.6 Å². The first-order valence-electron chi connectivity index (χ1n) is 6.82. The molecule has 3 heteroatoms. The van der Waals surface area contributed by atoms with Crippen molar-refractivity contribution in [1.29, 1.82) is 0 Å². The molecule has 102 valence electrons. The third-order valence-corrected chi connectivity index (χ3v) is 3.21. The molecule has 0 amide bonds. The summed E-state index contributed by atoms with van der Waals surface area (Å²) in [5.74, 6) is 0.136. The molecule has 1 aromatic rings. The molecule has 0 spiro atoms. The average molecular weight is 273 g/mol. The third-order valence-electron chi connectivity index (χ3n) is 2.91. The summed E-state index contributed by atoms with van der Waals surface area (Å²) in [6, 6.07) is 4.56. The molecule has 0 unspecified atom stereocenters. The van der Waals surface area contributed by atoms with Crippen LogP contribution in [0.3, 0.4) is 0 Å². The quantitative estimate of drug-likeness (QED) is 0.531. The van der Waals surface area contributed by atoms with Gasteiger partial charge in [0.25, 0.3) is 0 Å². The van der Waals surface area contributed by atoms with Gasteiger partial charge in [-0.3, -0.25) is 0 Å². The number of unbranched alkanes of at least 4 members (excludes halogenated alkanes) is 6. The molecule has 0 radical (unpaired) electrons. The van der Waals surface area contributed by atoms with Crippen LogP contribution in [0.2, 0.25) is 5.02 Å². The van der Waals surface area contributed by atoms with Gasteiger partial charge in [0.05, 0.1) is 11.6 Å². The first-order chi connectivity index (χ1) is 8.74. The molecule has 0 N–H and O–H groups in total. The Morgan fingerprint density at radius 1 is 1.06 bits per heavy atom. The Morgan fingerprint density at radius 3 is 2.39 bits per heavy atom. The fourth-order valence-corrected chi connectivity index (χ4v) is 1.93. The Balaban J connectivity index is 2.05. The van der Waals surface area contributed by atoms with Crippen LogP contribution in [0, 0.1) is 5.82 Å². The lowest BCUT2D eigenvalue weighted by atomic mass is 10.1. The van der Waals surface area contributed by atoms with E-state index in [-0.39, 0.29) is 5.02 Å². The summed E-state index contributed by atoms with van der Waals surface area (Å²) in [6.45, 7) is 2.87. The summed E-state index contributed by atoms with van der Waals surface area (Å²) < 4.78 is 18.6. The van der Waals surface area contributed by atoms with Crippen LogP contribution in [0.4, 0.5) is 4.39 Å². The van der Waals surface area contributed by atoms with E-state index in [0.717, 1.165) is 6.42 Å². The van der Waals surface area contributed by atoms with Crippen molar-refractivity contribution in [2.24, 2.45) is 0 Å². The van der Waals surface area contributed by atoms with E-state index >= 15 is 0 Å². The maximum Gasteiger partial charge on any atom is 0.145 e. The predicted molar refractivity (Wildman–Crippen MR) is 74.9 cm³/mol. The van der Waals surface area contributed by atoms with Gasteiger partial charge in [0.1, 0.15) is 11.6 Å². The lowest BCUT2D eigenvalue weighted by Crippen LogP contribution is -1.97. The smallest absolute Gasteiger partial charge is 0.145 e. The van der Waals surface area contributed by atoms with Crippen LogP contribution in [-0.2, 0) is 0 Å². The van der Waals surface area contributed by atoms with Gasteiger partial charge in [-0.25, -0.2) is 4.39 Å². The molecular formula is C15H22ClFO. The standard InChI is InChI=1S/C15H22ClFO/c1-2-3-4-5-6-7-8-11-18-13-9-10-14(16)15(17)12-13/h9-10,12H,2-8,11H2,1H3. The van der Waals surface area contributed by atoms with E-state index in [1.807, 2.05) is 0 Å². The van der Waals surface area contributed by atoms with Crippen molar-refractivity contribution in [3.63, 3.8) is 0 Å². The first-order valence-corrected chi connectivity index (χ1v) is 7.19. The van der Waals surface area contributed by atoms with Crippen molar-refractivity contribution in [2.75, 3.05) is 6.61 Å². The van der Waals surface area contributed by atoms with E-state index < -0.39 is 5.82 Å². The van der Waals surface area contributed by atoms with Gasteiger partial charge >= 0.3 is 0 Å². The van der Waals surface area contributed by atoms with Crippen LogP contribution < -0.4 is 4.74 Å². The van der Waals surface area contributed by atoms with Gasteiger partial charge in [-0.1, -0.05) is 57.0 Å². The molecule has 0 atom stereocenters. The third kappa shape index (κ3) is 6.25. The number of ether oxygens (including phenoxy) is 1. The number of hydrogen-bond donors (Lipinski definition) is 0. The molecule has 1 aromatic carbocycles. The highest BCUT2D eigenvalue weighted by atomic mass is 35.5. The Labute approximate surface area is 114 Å². The molecule has 0 bridgehead atoms. The Morgan fingerprint density at radius 2 is 1.72 bits per heavy atom. The number of rotatable bonds is 9. The first kappa shape index (κ1) is 15.3. The highest BCUT2D eigenvalue weighted by molar-refractivity contribution is 6.30. The molecule has 0 heterocycles. The zero-order chi connectivity index (χ0) is 13.2. The summed E-state index contributed by atoms with van der Waals surface area (Å²) >= 11 is 5.59. The molecule has 0 aliphatic carbocycles. The van der Waals surface area contributed by atoms with Crippen LogP contribution in [0.1, 0.15) is 51.9 Å². The van der Waals surface area contributed by atoms with Crippen molar-refractivity contribution in [3.8, 4) is 5.75 Å². The van der Waals surface area contributed by atoms with Gasteiger partial charge in [0, 0.05) is 6.07 Å². The topological polar surface area (TPSA) is 9.23 Å². The van der Waals surface area contributed by atoms with Gasteiger partial charge in [0.2, 0.25) is 0 Å². The zero-order valence-corrected chi connectivity index (χ0v) is 11.8. The van der Waals surface area contributed by atoms with Gasteiger partial charge in [-0.2, -0.15) is 0 Å². The molecule has 0 aliphatic rings. The largest absolute Gasteiger partial charge is 0.493 e. The lowest BCUT2D eigenvalue weighted by Gasteiger charge is -2.06. The number of halogens is 2. The number of benzene rings is 1. The molecule has 0 aromatic heterocycles. The minimum absolute atomic E-state index is 0.137. The molecule has 0 aliphatic heterocycles. The highest BCUT2D eigenvalue weighted by Crippen LogP contribution is 2.20. The average Bonchev–Trinajstić information content (AvgIpc) is 2.37. The van der Waals surface area contributed by atoms with Crippen LogP contribution in [0.15, 0.2) is 18.2 Å². The van der Waals surface area contributed by atoms with Crippen molar-refractivity contribution in [3.05, 3.63) is 29.0 Å². The lowest BCUT2D eigenvalue weighted by molar-refractivity contribution is 0.303. The van der Waals surface area contributed by atoms with Crippen LogP contribution in [-0.4, -0.2) is 6.61 Å². The molecule has 0 saturated heterocycles. The maximum atomic E-state index is 13.1. The van der Waals surface area contributed by atoms with Gasteiger partial charge in [0.15, 0.2) is 0 Å². The van der Waals surface area contributed by atoms with Crippen molar-refractivity contribution in [2.45, 2.75) is 51.9 Å². The number of hydrogen-bond acceptors (Lipinski definition) is 1. The molecule has 18 heavy (non-hydrogen) atoms. The van der Waals surface area contributed by atoms with Crippen molar-refractivity contribution < 1.29 is 9.13 Å². The van der Waals surface area contributed by atoms with E-state index in [4.69, 9.17) is 16.3 Å². The second-order valence-electron chi connectivity index (χ2n) is 4.55. The molecule has 1 rings (SSSR count). The van der Waals surface area contributed by atoms with E-state index in [1.165, 1.54) is 50.7 Å². The maximum absolute atomic E-state index is 13.1. The molecule has 1 nitrogen and oxygen atoms in total. The van der Waals surface area contributed by atoms with Gasteiger partial charge in [-0.05, 0) is 18.6 Å². The van der Waals surface area contributed by atoms with E-state index in [2.05, 4.69) is 6.92 Å². The minimum Gasteiger partial charge on any atom is -0.493 e. The minimum atomic E-state index is -0.422.